The van der Waals surface area contributed by atoms with E-state index in [1.165, 1.54) is 19.3 Å². The number of benzene rings is 2. The molecule has 0 bridgehead atoms. The normalized spacial score (nSPS) is 20.0. The highest BCUT2D eigenvalue weighted by Crippen LogP contribution is 2.29. The van der Waals surface area contributed by atoms with Crippen LogP contribution in [0.5, 0.6) is 11.5 Å². The van der Waals surface area contributed by atoms with Crippen LogP contribution in [0.1, 0.15) is 32.6 Å². The van der Waals surface area contributed by atoms with Crippen molar-refractivity contribution in [2.75, 3.05) is 11.9 Å². The van der Waals surface area contributed by atoms with Crippen LogP contribution < -0.4 is 15.4 Å². The van der Waals surface area contributed by atoms with Crippen molar-refractivity contribution in [3.8, 4) is 11.5 Å². The van der Waals surface area contributed by atoms with E-state index >= 15 is 0 Å². The zero-order valence-electron chi connectivity index (χ0n) is 14.7. The second-order valence-corrected chi connectivity index (χ2v) is 6.71. The summed E-state index contributed by atoms with van der Waals surface area (Å²) in [5, 5.41) is 6.37. The molecule has 2 N–H and O–H groups in total. The minimum atomic E-state index is -0.0399. The summed E-state index contributed by atoms with van der Waals surface area (Å²) in [7, 11) is 0. The Hall–Kier alpha value is -2.33. The Morgan fingerprint density at radius 1 is 1.04 bits per heavy atom. The van der Waals surface area contributed by atoms with Crippen LogP contribution in [0.4, 0.5) is 5.69 Å². The van der Waals surface area contributed by atoms with Gasteiger partial charge in [-0.25, -0.2) is 0 Å². The van der Waals surface area contributed by atoms with Gasteiger partial charge in [0, 0.05) is 6.04 Å². The summed E-state index contributed by atoms with van der Waals surface area (Å²) < 4.78 is 5.89. The zero-order valence-corrected chi connectivity index (χ0v) is 14.7. The average molecular weight is 338 g/mol. The quantitative estimate of drug-likeness (QED) is 0.810. The second-order valence-electron chi connectivity index (χ2n) is 6.71. The molecule has 0 aromatic heterocycles. The summed E-state index contributed by atoms with van der Waals surface area (Å²) in [5.41, 5.74) is 0.690. The molecule has 2 atom stereocenters. The lowest BCUT2D eigenvalue weighted by atomic mass is 9.86. The molecule has 1 amide bonds. The van der Waals surface area contributed by atoms with E-state index in [9.17, 15) is 4.79 Å². The molecule has 3 rings (SSSR count). The Balaban J connectivity index is 1.57. The van der Waals surface area contributed by atoms with Crippen molar-refractivity contribution in [3.05, 3.63) is 54.6 Å². The van der Waals surface area contributed by atoms with E-state index in [4.69, 9.17) is 4.74 Å². The van der Waals surface area contributed by atoms with Gasteiger partial charge in [-0.15, -0.1) is 0 Å². The maximum absolute atomic E-state index is 12.3. The Bertz CT molecular complexity index is 687. The molecule has 1 aliphatic carbocycles. The lowest BCUT2D eigenvalue weighted by Crippen LogP contribution is -2.41. The van der Waals surface area contributed by atoms with E-state index in [0.29, 0.717) is 29.9 Å². The van der Waals surface area contributed by atoms with Crippen LogP contribution >= 0.6 is 0 Å². The predicted molar refractivity (Wildman–Crippen MR) is 101 cm³/mol. The number of nitrogens with one attached hydrogen (secondary N) is 2. The van der Waals surface area contributed by atoms with Gasteiger partial charge in [-0.3, -0.25) is 4.79 Å². The number of ether oxygens (including phenoxy) is 1. The first-order valence-corrected chi connectivity index (χ1v) is 9.07. The number of rotatable bonds is 6. The summed E-state index contributed by atoms with van der Waals surface area (Å²) in [4.78, 5) is 12.3. The van der Waals surface area contributed by atoms with Crippen LogP contribution in [-0.2, 0) is 4.79 Å². The van der Waals surface area contributed by atoms with Gasteiger partial charge < -0.3 is 15.4 Å². The zero-order chi connectivity index (χ0) is 17.5. The van der Waals surface area contributed by atoms with Crippen molar-refractivity contribution >= 4 is 11.6 Å². The monoisotopic (exact) mass is 338 g/mol. The summed E-state index contributed by atoms with van der Waals surface area (Å²) in [6.45, 7) is 2.59. The Morgan fingerprint density at radius 2 is 1.76 bits per heavy atom. The highest BCUT2D eigenvalue weighted by molar-refractivity contribution is 5.93. The highest BCUT2D eigenvalue weighted by Gasteiger charge is 2.21. The maximum Gasteiger partial charge on any atom is 0.238 e. The third-order valence-electron chi connectivity index (χ3n) is 4.77. The van der Waals surface area contributed by atoms with Crippen molar-refractivity contribution in [1.29, 1.82) is 0 Å². The molecule has 25 heavy (non-hydrogen) atoms. The standard InChI is InChI=1S/C21H26N2O2/c1-16-9-5-6-12-18(16)22-15-21(24)23-19-13-7-8-14-20(19)25-17-10-3-2-4-11-17/h2-4,7-8,10-11,13-14,16,18,22H,5-6,9,12,15H2,1H3,(H,23,24)/t16-,18-/m1/s1. The largest absolute Gasteiger partial charge is 0.455 e. The van der Waals surface area contributed by atoms with Crippen LogP contribution in [-0.4, -0.2) is 18.5 Å². The lowest BCUT2D eigenvalue weighted by molar-refractivity contribution is -0.115. The summed E-state index contributed by atoms with van der Waals surface area (Å²) in [6, 6.07) is 17.5. The summed E-state index contributed by atoms with van der Waals surface area (Å²) >= 11 is 0. The molecule has 0 radical (unpaired) electrons. The molecule has 2 aromatic rings. The van der Waals surface area contributed by atoms with E-state index in [1.54, 1.807) is 0 Å². The van der Waals surface area contributed by atoms with Crippen LogP contribution in [0.3, 0.4) is 0 Å². The predicted octanol–water partition coefficient (Wildman–Crippen LogP) is 4.59. The second kappa shape index (κ2) is 8.67. The first-order chi connectivity index (χ1) is 12.2. The highest BCUT2D eigenvalue weighted by atomic mass is 16.5. The molecule has 2 aromatic carbocycles. The molecule has 132 valence electrons. The van der Waals surface area contributed by atoms with Gasteiger partial charge in [0.25, 0.3) is 0 Å². The topological polar surface area (TPSA) is 50.4 Å². The fraction of sp³-hybridized carbons (Fsp3) is 0.381. The average Bonchev–Trinajstić information content (AvgIpc) is 2.64. The van der Waals surface area contributed by atoms with Crippen molar-refractivity contribution in [2.24, 2.45) is 5.92 Å². The molecule has 0 aliphatic heterocycles. The molecule has 4 heteroatoms. The van der Waals surface area contributed by atoms with Crippen LogP contribution in [0.15, 0.2) is 54.6 Å². The van der Waals surface area contributed by atoms with Crippen LogP contribution in [0.2, 0.25) is 0 Å². The van der Waals surface area contributed by atoms with E-state index < -0.39 is 0 Å². The maximum atomic E-state index is 12.3. The van der Waals surface area contributed by atoms with E-state index in [0.717, 1.165) is 12.2 Å². The number of hydrogen-bond donors (Lipinski definition) is 2. The molecule has 1 fully saturated rings. The van der Waals surface area contributed by atoms with Crippen LogP contribution in [0.25, 0.3) is 0 Å². The van der Waals surface area contributed by atoms with Gasteiger partial charge in [-0.2, -0.15) is 0 Å². The van der Waals surface area contributed by atoms with E-state index in [2.05, 4.69) is 17.6 Å². The molecular weight excluding hydrogens is 312 g/mol. The first kappa shape index (κ1) is 17.5. The molecule has 0 spiro atoms. The molecule has 0 heterocycles. The van der Waals surface area contributed by atoms with Gasteiger partial charge in [-0.05, 0) is 43.0 Å². The number of amides is 1. The van der Waals surface area contributed by atoms with E-state index in [1.807, 2.05) is 54.6 Å². The summed E-state index contributed by atoms with van der Waals surface area (Å²) in [5.74, 6) is 1.99. The number of carbonyl (C=O) groups excluding carboxylic acids is 1. The number of anilines is 1. The summed E-state index contributed by atoms with van der Waals surface area (Å²) in [6.07, 6.45) is 4.95. The lowest BCUT2D eigenvalue weighted by Gasteiger charge is -2.29. The smallest absolute Gasteiger partial charge is 0.238 e. The van der Waals surface area contributed by atoms with Crippen LogP contribution in [0, 0.1) is 5.92 Å². The fourth-order valence-electron chi connectivity index (χ4n) is 3.31. The van der Waals surface area contributed by atoms with Crippen molar-refractivity contribution in [2.45, 2.75) is 38.6 Å². The van der Waals surface area contributed by atoms with Gasteiger partial charge in [0.15, 0.2) is 5.75 Å². The third-order valence-corrected chi connectivity index (χ3v) is 4.77. The van der Waals surface area contributed by atoms with Crippen molar-refractivity contribution < 1.29 is 9.53 Å². The van der Waals surface area contributed by atoms with Gasteiger partial charge >= 0.3 is 0 Å². The Morgan fingerprint density at radius 3 is 2.56 bits per heavy atom. The third kappa shape index (κ3) is 5.07. The van der Waals surface area contributed by atoms with E-state index in [-0.39, 0.29) is 5.91 Å². The molecule has 1 saturated carbocycles. The van der Waals surface area contributed by atoms with Gasteiger partial charge in [0.1, 0.15) is 5.75 Å². The Kier molecular flexibility index (Phi) is 6.07. The molecule has 1 aliphatic rings. The Labute approximate surface area is 149 Å². The molecular formula is C21H26N2O2. The fourth-order valence-corrected chi connectivity index (χ4v) is 3.31. The number of carbonyl (C=O) groups is 1. The van der Waals surface area contributed by atoms with Crippen molar-refractivity contribution in [3.63, 3.8) is 0 Å². The van der Waals surface area contributed by atoms with Gasteiger partial charge in [-0.1, -0.05) is 50.1 Å². The molecule has 4 nitrogen and oxygen atoms in total. The van der Waals surface area contributed by atoms with Gasteiger partial charge in [0.2, 0.25) is 5.91 Å². The molecule has 0 saturated heterocycles. The minimum Gasteiger partial charge on any atom is -0.455 e. The first-order valence-electron chi connectivity index (χ1n) is 9.07. The van der Waals surface area contributed by atoms with Gasteiger partial charge in [0.05, 0.1) is 12.2 Å². The number of hydrogen-bond acceptors (Lipinski definition) is 3. The SMILES string of the molecule is C[C@@H]1CCCC[C@H]1NCC(=O)Nc1ccccc1Oc1ccccc1. The molecule has 0 unspecified atom stereocenters. The van der Waals surface area contributed by atoms with Crippen molar-refractivity contribution in [1.82, 2.24) is 5.32 Å². The number of para-hydroxylation sites is 3. The minimum absolute atomic E-state index is 0.0399.